The highest BCUT2D eigenvalue weighted by Crippen LogP contribution is 2.37. The van der Waals surface area contributed by atoms with Gasteiger partial charge in [0.15, 0.2) is 5.16 Å². The molecule has 0 spiro atoms. The van der Waals surface area contributed by atoms with E-state index in [1.165, 1.54) is 22.2 Å². The molecule has 2 heterocycles. The minimum Gasteiger partial charge on any atom is -0.369 e. The van der Waals surface area contributed by atoms with Gasteiger partial charge in [0, 0.05) is 4.88 Å². The van der Waals surface area contributed by atoms with Crippen molar-refractivity contribution in [1.82, 2.24) is 9.55 Å². The summed E-state index contributed by atoms with van der Waals surface area (Å²) in [6.07, 6.45) is 3.01. The summed E-state index contributed by atoms with van der Waals surface area (Å²) in [5.41, 5.74) is 9.49. The van der Waals surface area contributed by atoms with Gasteiger partial charge in [-0.1, -0.05) is 30.8 Å². The highest BCUT2D eigenvalue weighted by Gasteiger charge is 2.26. The van der Waals surface area contributed by atoms with Crippen molar-refractivity contribution in [3.05, 3.63) is 50.1 Å². The normalized spacial score (nSPS) is 17.3. The van der Waals surface area contributed by atoms with Gasteiger partial charge in [0.1, 0.15) is 4.83 Å². The smallest absolute Gasteiger partial charge is 0.267 e. The first kappa shape index (κ1) is 20.2. The van der Waals surface area contributed by atoms with Crippen molar-refractivity contribution in [1.29, 1.82) is 0 Å². The van der Waals surface area contributed by atoms with E-state index in [2.05, 4.69) is 6.92 Å². The largest absolute Gasteiger partial charge is 0.369 e. The van der Waals surface area contributed by atoms with Gasteiger partial charge >= 0.3 is 0 Å². The third-order valence-corrected chi connectivity index (χ3v) is 7.81. The number of aromatic nitrogens is 2. The zero-order valence-electron chi connectivity index (χ0n) is 17.1. The molecule has 29 heavy (non-hydrogen) atoms. The third-order valence-electron chi connectivity index (χ3n) is 5.59. The number of primary amides is 1. The molecule has 2 N–H and O–H groups in total. The summed E-state index contributed by atoms with van der Waals surface area (Å²) in [5, 5.41) is 0.786. The molecule has 0 bridgehead atoms. The lowest BCUT2D eigenvalue weighted by Crippen LogP contribution is -2.27. The number of benzene rings is 1. The first-order valence-electron chi connectivity index (χ1n) is 9.87. The molecule has 1 aliphatic carbocycles. The van der Waals surface area contributed by atoms with E-state index in [0.717, 1.165) is 46.3 Å². The van der Waals surface area contributed by atoms with E-state index in [4.69, 9.17) is 10.7 Å². The zero-order chi connectivity index (χ0) is 20.9. The molecule has 0 fully saturated rings. The average molecular weight is 428 g/mol. The lowest BCUT2D eigenvalue weighted by Gasteiger charge is -2.18. The fraction of sp³-hybridized carbons (Fsp3) is 0.409. The van der Waals surface area contributed by atoms with Gasteiger partial charge < -0.3 is 5.73 Å². The van der Waals surface area contributed by atoms with Crippen LogP contribution in [0.4, 0.5) is 0 Å². The third kappa shape index (κ3) is 3.62. The zero-order valence-corrected chi connectivity index (χ0v) is 18.7. The molecule has 0 aliphatic heterocycles. The number of aryl methyl sites for hydroxylation is 3. The van der Waals surface area contributed by atoms with Crippen molar-refractivity contribution in [2.75, 3.05) is 0 Å². The standard InChI is InChI=1S/C22H25N3O2S2/c1-11-5-7-13(3)16(9-11)25-21(27)18-15-8-6-12(2)10-17(15)29-20(18)24-22(25)28-14(4)19(23)26/h5,7,9,12,14H,6,8,10H2,1-4H3,(H2,23,26)/t12-,14-/m0/s1. The fourth-order valence-electron chi connectivity index (χ4n) is 3.84. The maximum absolute atomic E-state index is 13.8. The number of hydrogen-bond acceptors (Lipinski definition) is 5. The lowest BCUT2D eigenvalue weighted by atomic mass is 9.89. The van der Waals surface area contributed by atoms with Crippen molar-refractivity contribution in [2.24, 2.45) is 11.7 Å². The first-order chi connectivity index (χ1) is 13.8. The van der Waals surface area contributed by atoms with E-state index in [9.17, 15) is 9.59 Å². The molecule has 1 amide bonds. The summed E-state index contributed by atoms with van der Waals surface area (Å²) in [7, 11) is 0. The van der Waals surface area contributed by atoms with Crippen LogP contribution in [0.2, 0.25) is 0 Å². The first-order valence-corrected chi connectivity index (χ1v) is 11.6. The molecular weight excluding hydrogens is 402 g/mol. The Kier molecular flexibility index (Phi) is 5.29. The molecule has 0 radical (unpaired) electrons. The summed E-state index contributed by atoms with van der Waals surface area (Å²) in [6, 6.07) is 6.05. The Hall–Kier alpha value is -2.12. The van der Waals surface area contributed by atoms with Crippen LogP contribution < -0.4 is 11.3 Å². The summed E-state index contributed by atoms with van der Waals surface area (Å²) >= 11 is 2.87. The summed E-state index contributed by atoms with van der Waals surface area (Å²) < 4.78 is 1.68. The van der Waals surface area contributed by atoms with E-state index in [1.807, 2.05) is 32.0 Å². The van der Waals surface area contributed by atoms with Crippen LogP contribution in [0.25, 0.3) is 15.9 Å². The molecule has 1 aliphatic rings. The minimum atomic E-state index is -0.481. The number of rotatable bonds is 4. The van der Waals surface area contributed by atoms with Crippen molar-refractivity contribution in [3.63, 3.8) is 0 Å². The highest BCUT2D eigenvalue weighted by atomic mass is 32.2. The number of fused-ring (bicyclic) bond motifs is 3. The van der Waals surface area contributed by atoms with E-state index in [1.54, 1.807) is 22.8 Å². The number of hydrogen-bond donors (Lipinski definition) is 1. The molecule has 0 saturated heterocycles. The number of thiophene rings is 1. The SMILES string of the molecule is Cc1ccc(C)c(-n2c(S[C@@H](C)C(N)=O)nc3sc4c(c3c2=O)CC[C@H](C)C4)c1. The molecule has 5 nitrogen and oxygen atoms in total. The Morgan fingerprint density at radius 2 is 2.14 bits per heavy atom. The molecule has 0 unspecified atom stereocenters. The summed E-state index contributed by atoms with van der Waals surface area (Å²) in [4.78, 5) is 32.4. The van der Waals surface area contributed by atoms with Crippen LogP contribution in [-0.4, -0.2) is 20.7 Å². The summed E-state index contributed by atoms with van der Waals surface area (Å²) in [5.74, 6) is 0.205. The van der Waals surface area contributed by atoms with E-state index in [-0.39, 0.29) is 5.56 Å². The number of nitrogens with zero attached hydrogens (tertiary/aromatic N) is 2. The molecule has 2 aromatic heterocycles. The lowest BCUT2D eigenvalue weighted by molar-refractivity contribution is -0.117. The number of carbonyl (C=O) groups excluding carboxylic acids is 1. The van der Waals surface area contributed by atoms with Gasteiger partial charge in [0.25, 0.3) is 5.56 Å². The van der Waals surface area contributed by atoms with Crippen LogP contribution in [0, 0.1) is 19.8 Å². The van der Waals surface area contributed by atoms with Crippen LogP contribution in [0.3, 0.4) is 0 Å². The molecular formula is C22H25N3O2S2. The topological polar surface area (TPSA) is 78.0 Å². The van der Waals surface area contributed by atoms with Gasteiger partial charge in [-0.05, 0) is 68.7 Å². The van der Waals surface area contributed by atoms with E-state index in [0.29, 0.717) is 11.1 Å². The minimum absolute atomic E-state index is 0.0464. The van der Waals surface area contributed by atoms with Crippen LogP contribution >= 0.6 is 23.1 Å². The van der Waals surface area contributed by atoms with Crippen molar-refractivity contribution in [2.45, 2.75) is 57.4 Å². The average Bonchev–Trinajstić information content (AvgIpc) is 3.01. The Morgan fingerprint density at radius 3 is 2.86 bits per heavy atom. The predicted octanol–water partition coefficient (Wildman–Crippen LogP) is 4.15. The van der Waals surface area contributed by atoms with Gasteiger partial charge in [-0.15, -0.1) is 11.3 Å². The Labute approximate surface area is 178 Å². The number of nitrogens with two attached hydrogens (primary N) is 1. The van der Waals surface area contributed by atoms with Crippen molar-refractivity contribution >= 4 is 39.2 Å². The highest BCUT2D eigenvalue weighted by molar-refractivity contribution is 8.00. The Morgan fingerprint density at radius 1 is 1.38 bits per heavy atom. The van der Waals surface area contributed by atoms with E-state index < -0.39 is 11.2 Å². The molecule has 0 saturated carbocycles. The van der Waals surface area contributed by atoms with Crippen LogP contribution in [0.15, 0.2) is 28.2 Å². The molecule has 152 valence electrons. The molecule has 7 heteroatoms. The van der Waals surface area contributed by atoms with E-state index >= 15 is 0 Å². The van der Waals surface area contributed by atoms with Gasteiger partial charge in [-0.3, -0.25) is 14.2 Å². The fourth-order valence-corrected chi connectivity index (χ4v) is 6.13. The maximum Gasteiger partial charge on any atom is 0.267 e. The second-order valence-corrected chi connectivity index (χ2v) is 10.4. The second-order valence-electron chi connectivity index (χ2n) is 8.02. The van der Waals surface area contributed by atoms with Gasteiger partial charge in [0.05, 0.1) is 16.3 Å². The molecule has 4 rings (SSSR count). The monoisotopic (exact) mass is 427 g/mol. The van der Waals surface area contributed by atoms with Crippen molar-refractivity contribution < 1.29 is 4.79 Å². The van der Waals surface area contributed by atoms with Crippen LogP contribution in [0.5, 0.6) is 0 Å². The van der Waals surface area contributed by atoms with Gasteiger partial charge in [-0.25, -0.2) is 4.98 Å². The Bertz CT molecular complexity index is 1180. The number of thioether (sulfide) groups is 1. The van der Waals surface area contributed by atoms with Gasteiger partial charge in [-0.2, -0.15) is 0 Å². The van der Waals surface area contributed by atoms with Crippen LogP contribution in [-0.2, 0) is 17.6 Å². The Balaban J connectivity index is 2.02. The summed E-state index contributed by atoms with van der Waals surface area (Å²) in [6.45, 7) is 8.00. The van der Waals surface area contributed by atoms with Crippen LogP contribution in [0.1, 0.15) is 41.8 Å². The number of amides is 1. The maximum atomic E-state index is 13.8. The molecule has 1 aromatic carbocycles. The molecule has 2 atom stereocenters. The van der Waals surface area contributed by atoms with Crippen molar-refractivity contribution in [3.8, 4) is 5.69 Å². The predicted molar refractivity (Wildman–Crippen MR) is 120 cm³/mol. The second kappa shape index (κ2) is 7.61. The molecule has 3 aromatic rings. The number of carbonyl (C=O) groups is 1. The van der Waals surface area contributed by atoms with Gasteiger partial charge in [0.2, 0.25) is 5.91 Å². The quantitative estimate of drug-likeness (QED) is 0.501.